The van der Waals surface area contributed by atoms with Crippen LogP contribution in [0.1, 0.15) is 11.1 Å². The van der Waals surface area contributed by atoms with Crippen LogP contribution in [0.2, 0.25) is 0 Å². The van der Waals surface area contributed by atoms with Crippen molar-refractivity contribution in [2.75, 3.05) is 13.7 Å². The first-order valence-electron chi connectivity index (χ1n) is 7.54. The van der Waals surface area contributed by atoms with Crippen molar-refractivity contribution in [3.8, 4) is 11.5 Å². The molecule has 0 aliphatic rings. The normalized spacial score (nSPS) is 11.0. The van der Waals surface area contributed by atoms with Crippen LogP contribution >= 0.6 is 0 Å². The third kappa shape index (κ3) is 6.74. The first-order valence-corrected chi connectivity index (χ1v) is 7.54. The lowest BCUT2D eigenvalue weighted by molar-refractivity contribution is -0.153. The van der Waals surface area contributed by atoms with Gasteiger partial charge in [-0.15, -0.1) is 0 Å². The van der Waals surface area contributed by atoms with Crippen LogP contribution in [0.4, 0.5) is 13.2 Å². The van der Waals surface area contributed by atoms with Crippen LogP contribution in [0.25, 0.3) is 0 Å². The second-order valence-electron chi connectivity index (χ2n) is 5.35. The molecule has 0 radical (unpaired) electrons. The van der Waals surface area contributed by atoms with Crippen LogP contribution in [0.3, 0.4) is 0 Å². The molecule has 2 aromatic rings. The Hall–Kier alpha value is -2.70. The number of amides is 1. The fourth-order valence-corrected chi connectivity index (χ4v) is 2.06. The molecule has 25 heavy (non-hydrogen) atoms. The summed E-state index contributed by atoms with van der Waals surface area (Å²) in [6.07, 6.45) is -4.13. The Morgan fingerprint density at radius 3 is 2.08 bits per heavy atom. The lowest BCUT2D eigenvalue weighted by Crippen LogP contribution is -2.24. The standard InChI is InChI=1S/C18H18F3NO3/c1-24-15-6-2-13(3-7-15)10-17(23)22-11-14-4-8-16(9-5-14)25-12-18(19,20)21/h2-9H,10-12H2,1H3,(H,22,23). The van der Waals surface area contributed by atoms with E-state index < -0.39 is 12.8 Å². The van der Waals surface area contributed by atoms with Crippen LogP contribution in [-0.4, -0.2) is 25.8 Å². The molecule has 0 aliphatic heterocycles. The van der Waals surface area contributed by atoms with Crippen LogP contribution in [0.15, 0.2) is 48.5 Å². The van der Waals surface area contributed by atoms with Gasteiger partial charge in [-0.1, -0.05) is 24.3 Å². The third-order valence-electron chi connectivity index (χ3n) is 3.34. The Labute approximate surface area is 143 Å². The number of methoxy groups -OCH3 is 1. The number of alkyl halides is 3. The summed E-state index contributed by atoms with van der Waals surface area (Å²) in [5, 5.41) is 2.76. The summed E-state index contributed by atoms with van der Waals surface area (Å²) in [5.41, 5.74) is 1.62. The Morgan fingerprint density at radius 2 is 1.52 bits per heavy atom. The van der Waals surface area contributed by atoms with E-state index in [1.54, 1.807) is 31.4 Å². The van der Waals surface area contributed by atoms with Gasteiger partial charge in [-0.2, -0.15) is 13.2 Å². The quantitative estimate of drug-likeness (QED) is 0.829. The highest BCUT2D eigenvalue weighted by molar-refractivity contribution is 5.78. The maximum atomic E-state index is 12.1. The first-order chi connectivity index (χ1) is 11.9. The summed E-state index contributed by atoms with van der Waals surface area (Å²) in [7, 11) is 1.57. The summed E-state index contributed by atoms with van der Waals surface area (Å²) in [6, 6.07) is 13.3. The predicted molar refractivity (Wildman–Crippen MR) is 86.5 cm³/mol. The molecule has 1 N–H and O–H groups in total. The van der Waals surface area contributed by atoms with E-state index in [4.69, 9.17) is 4.74 Å². The topological polar surface area (TPSA) is 47.6 Å². The maximum absolute atomic E-state index is 12.1. The molecule has 4 nitrogen and oxygen atoms in total. The largest absolute Gasteiger partial charge is 0.497 e. The van der Waals surface area contributed by atoms with Crippen molar-refractivity contribution in [1.29, 1.82) is 0 Å². The number of carbonyl (C=O) groups is 1. The maximum Gasteiger partial charge on any atom is 0.422 e. The number of hydrogen-bond donors (Lipinski definition) is 1. The van der Waals surface area contributed by atoms with Crippen molar-refractivity contribution in [3.63, 3.8) is 0 Å². The molecule has 2 rings (SSSR count). The zero-order valence-electron chi connectivity index (χ0n) is 13.6. The number of rotatable bonds is 7. The van der Waals surface area contributed by atoms with E-state index in [0.29, 0.717) is 0 Å². The Morgan fingerprint density at radius 1 is 0.960 bits per heavy atom. The van der Waals surface area contributed by atoms with E-state index in [-0.39, 0.29) is 24.6 Å². The average molecular weight is 353 g/mol. The average Bonchev–Trinajstić information content (AvgIpc) is 2.59. The van der Waals surface area contributed by atoms with Crippen molar-refractivity contribution in [2.24, 2.45) is 0 Å². The van der Waals surface area contributed by atoms with Gasteiger partial charge in [0.15, 0.2) is 6.61 Å². The molecule has 0 atom stereocenters. The van der Waals surface area contributed by atoms with Crippen molar-refractivity contribution in [1.82, 2.24) is 5.32 Å². The summed E-state index contributed by atoms with van der Waals surface area (Å²) in [4.78, 5) is 11.9. The van der Waals surface area contributed by atoms with Gasteiger partial charge >= 0.3 is 6.18 Å². The predicted octanol–water partition coefficient (Wildman–Crippen LogP) is 3.50. The Bertz CT molecular complexity index is 682. The van der Waals surface area contributed by atoms with Crippen LogP contribution in [0.5, 0.6) is 11.5 Å². The third-order valence-corrected chi connectivity index (χ3v) is 3.34. The van der Waals surface area contributed by atoms with Crippen LogP contribution in [-0.2, 0) is 17.8 Å². The number of carbonyl (C=O) groups excluding carboxylic acids is 1. The molecule has 1 amide bonds. The molecule has 0 aromatic heterocycles. The van der Waals surface area contributed by atoms with Crippen molar-refractivity contribution in [3.05, 3.63) is 59.7 Å². The molecule has 2 aromatic carbocycles. The van der Waals surface area contributed by atoms with Crippen LogP contribution < -0.4 is 14.8 Å². The number of hydrogen-bond acceptors (Lipinski definition) is 3. The molecule has 0 saturated heterocycles. The number of nitrogens with one attached hydrogen (secondary N) is 1. The summed E-state index contributed by atoms with van der Waals surface area (Å²) in [6.45, 7) is -1.04. The fourth-order valence-electron chi connectivity index (χ4n) is 2.06. The number of halogens is 3. The Balaban J connectivity index is 1.79. The fraction of sp³-hybridized carbons (Fsp3) is 0.278. The molecule has 0 heterocycles. The smallest absolute Gasteiger partial charge is 0.422 e. The molecule has 0 spiro atoms. The monoisotopic (exact) mass is 353 g/mol. The first kappa shape index (κ1) is 18.6. The second-order valence-corrected chi connectivity index (χ2v) is 5.35. The lowest BCUT2D eigenvalue weighted by atomic mass is 10.1. The van der Waals surface area contributed by atoms with Gasteiger partial charge in [0.25, 0.3) is 0 Å². The molecular weight excluding hydrogens is 335 g/mol. The Kier molecular flexibility index (Phi) is 6.27. The molecular formula is C18H18F3NO3. The highest BCUT2D eigenvalue weighted by atomic mass is 19.4. The van der Waals surface area contributed by atoms with E-state index >= 15 is 0 Å². The molecule has 0 fully saturated rings. The highest BCUT2D eigenvalue weighted by Gasteiger charge is 2.28. The highest BCUT2D eigenvalue weighted by Crippen LogP contribution is 2.19. The SMILES string of the molecule is COc1ccc(CC(=O)NCc2ccc(OCC(F)(F)F)cc2)cc1. The summed E-state index contributed by atoms with van der Waals surface area (Å²) >= 11 is 0. The van der Waals surface area contributed by atoms with Gasteiger partial charge < -0.3 is 14.8 Å². The van der Waals surface area contributed by atoms with Crippen molar-refractivity contribution < 1.29 is 27.4 Å². The van der Waals surface area contributed by atoms with Gasteiger partial charge in [-0.25, -0.2) is 0 Å². The minimum atomic E-state index is -4.37. The van der Waals surface area contributed by atoms with Gasteiger partial charge in [-0.3, -0.25) is 4.79 Å². The van der Waals surface area contributed by atoms with Gasteiger partial charge in [0, 0.05) is 6.54 Å². The molecule has 7 heteroatoms. The molecule has 0 bridgehead atoms. The van der Waals surface area contributed by atoms with Crippen molar-refractivity contribution in [2.45, 2.75) is 19.1 Å². The number of benzene rings is 2. The second kappa shape index (κ2) is 8.41. The zero-order valence-corrected chi connectivity index (χ0v) is 13.6. The van der Waals surface area contributed by atoms with E-state index in [1.807, 2.05) is 12.1 Å². The summed E-state index contributed by atoms with van der Waals surface area (Å²) < 4.78 is 45.9. The van der Waals surface area contributed by atoms with Gasteiger partial charge in [0.05, 0.1) is 13.5 Å². The lowest BCUT2D eigenvalue weighted by Gasteiger charge is -2.10. The van der Waals surface area contributed by atoms with Gasteiger partial charge in [0.1, 0.15) is 11.5 Å². The summed E-state index contributed by atoms with van der Waals surface area (Å²) in [5.74, 6) is 0.699. The molecule has 0 saturated carbocycles. The van der Waals surface area contributed by atoms with Gasteiger partial charge in [0.2, 0.25) is 5.91 Å². The molecule has 0 unspecified atom stereocenters. The van der Waals surface area contributed by atoms with E-state index in [0.717, 1.165) is 16.9 Å². The molecule has 134 valence electrons. The zero-order chi connectivity index (χ0) is 18.3. The molecule has 0 aliphatic carbocycles. The van der Waals surface area contributed by atoms with E-state index in [1.165, 1.54) is 12.1 Å². The minimum absolute atomic E-state index is 0.130. The minimum Gasteiger partial charge on any atom is -0.497 e. The van der Waals surface area contributed by atoms with Gasteiger partial charge in [-0.05, 0) is 35.4 Å². The van der Waals surface area contributed by atoms with Crippen molar-refractivity contribution >= 4 is 5.91 Å². The van der Waals surface area contributed by atoms with Crippen LogP contribution in [0, 0.1) is 0 Å². The van der Waals surface area contributed by atoms with E-state index in [2.05, 4.69) is 10.1 Å². The van der Waals surface area contributed by atoms with E-state index in [9.17, 15) is 18.0 Å². The number of ether oxygens (including phenoxy) is 2.